The van der Waals surface area contributed by atoms with E-state index in [1.807, 2.05) is 0 Å². The van der Waals surface area contributed by atoms with Crippen LogP contribution in [-0.2, 0) is 4.79 Å². The Labute approximate surface area is 104 Å². The molecule has 1 saturated carbocycles. The lowest BCUT2D eigenvalue weighted by atomic mass is 9.92. The van der Waals surface area contributed by atoms with E-state index < -0.39 is 0 Å². The first-order valence-corrected chi connectivity index (χ1v) is 7.03. The van der Waals surface area contributed by atoms with E-state index >= 15 is 0 Å². The summed E-state index contributed by atoms with van der Waals surface area (Å²) in [6, 6.07) is 1.17. The molecule has 1 heterocycles. The lowest BCUT2D eigenvalue weighted by molar-refractivity contribution is -0.120. The summed E-state index contributed by atoms with van der Waals surface area (Å²) < 4.78 is 0. The highest BCUT2D eigenvalue weighted by Crippen LogP contribution is 2.25. The molecule has 4 heteroatoms. The predicted molar refractivity (Wildman–Crippen MR) is 68.7 cm³/mol. The van der Waals surface area contributed by atoms with Crippen LogP contribution in [0, 0.1) is 0 Å². The Morgan fingerprint density at radius 3 is 2.35 bits per heavy atom. The summed E-state index contributed by atoms with van der Waals surface area (Å²) >= 11 is 0. The van der Waals surface area contributed by atoms with Crippen molar-refractivity contribution in [2.75, 3.05) is 19.6 Å². The van der Waals surface area contributed by atoms with Crippen molar-refractivity contribution >= 4 is 5.91 Å². The lowest BCUT2D eigenvalue weighted by Crippen LogP contribution is -2.49. The Morgan fingerprint density at radius 1 is 1.12 bits per heavy atom. The first-order valence-electron chi connectivity index (χ1n) is 7.03. The van der Waals surface area contributed by atoms with Crippen LogP contribution in [0.2, 0.25) is 0 Å². The molecule has 0 atom stereocenters. The number of nitrogens with two attached hydrogens (primary N) is 1. The normalized spacial score (nSPS) is 24.8. The van der Waals surface area contributed by atoms with Crippen LogP contribution in [-0.4, -0.2) is 42.5 Å². The average Bonchev–Trinajstić information content (AvgIpc) is 2.40. The standard InChI is InChI=1S/C13H25N3O/c14-10-13(17)15-11-6-8-16(9-7-11)12-4-2-1-3-5-12/h11-12H,1-10,14H2,(H,15,17). The highest BCUT2D eigenvalue weighted by Gasteiger charge is 2.26. The molecule has 1 saturated heterocycles. The van der Waals surface area contributed by atoms with Gasteiger partial charge in [-0.1, -0.05) is 19.3 Å². The van der Waals surface area contributed by atoms with Gasteiger partial charge in [0.25, 0.3) is 0 Å². The fourth-order valence-electron chi connectivity index (χ4n) is 3.14. The van der Waals surface area contributed by atoms with Gasteiger partial charge in [-0.3, -0.25) is 4.79 Å². The lowest BCUT2D eigenvalue weighted by Gasteiger charge is -2.39. The number of rotatable bonds is 3. The SMILES string of the molecule is NCC(=O)NC1CCN(C2CCCCC2)CC1. The number of hydrogen-bond acceptors (Lipinski definition) is 3. The number of carbonyl (C=O) groups is 1. The van der Waals surface area contributed by atoms with Crippen molar-refractivity contribution in [1.82, 2.24) is 10.2 Å². The molecule has 0 aromatic carbocycles. The molecule has 17 heavy (non-hydrogen) atoms. The molecular weight excluding hydrogens is 214 g/mol. The molecule has 0 aromatic heterocycles. The van der Waals surface area contributed by atoms with Crippen molar-refractivity contribution in [3.05, 3.63) is 0 Å². The first-order chi connectivity index (χ1) is 8.29. The van der Waals surface area contributed by atoms with Gasteiger partial charge in [0, 0.05) is 25.2 Å². The van der Waals surface area contributed by atoms with Crippen molar-refractivity contribution in [3.8, 4) is 0 Å². The van der Waals surface area contributed by atoms with Gasteiger partial charge in [0.2, 0.25) is 5.91 Å². The Morgan fingerprint density at radius 2 is 1.76 bits per heavy atom. The Hall–Kier alpha value is -0.610. The largest absolute Gasteiger partial charge is 0.352 e. The first kappa shape index (κ1) is 12.8. The van der Waals surface area contributed by atoms with Crippen molar-refractivity contribution in [1.29, 1.82) is 0 Å². The van der Waals surface area contributed by atoms with Crippen LogP contribution >= 0.6 is 0 Å². The third-order valence-electron chi connectivity index (χ3n) is 4.17. The van der Waals surface area contributed by atoms with Crippen molar-refractivity contribution < 1.29 is 4.79 Å². The predicted octanol–water partition coefficient (Wildman–Crippen LogP) is 0.858. The van der Waals surface area contributed by atoms with E-state index in [-0.39, 0.29) is 12.5 Å². The van der Waals surface area contributed by atoms with Gasteiger partial charge in [0.15, 0.2) is 0 Å². The zero-order chi connectivity index (χ0) is 12.1. The van der Waals surface area contributed by atoms with E-state index in [9.17, 15) is 4.79 Å². The highest BCUT2D eigenvalue weighted by molar-refractivity contribution is 5.78. The van der Waals surface area contributed by atoms with Gasteiger partial charge in [-0.25, -0.2) is 0 Å². The van der Waals surface area contributed by atoms with Gasteiger partial charge in [-0.05, 0) is 25.7 Å². The van der Waals surface area contributed by atoms with E-state index in [1.54, 1.807) is 0 Å². The molecule has 2 fully saturated rings. The molecule has 4 nitrogen and oxygen atoms in total. The smallest absolute Gasteiger partial charge is 0.233 e. The molecule has 98 valence electrons. The summed E-state index contributed by atoms with van der Waals surface area (Å²) in [6.07, 6.45) is 9.13. The molecule has 1 amide bonds. The summed E-state index contributed by atoms with van der Waals surface area (Å²) in [5.74, 6) is -0.0129. The highest BCUT2D eigenvalue weighted by atomic mass is 16.1. The number of piperidine rings is 1. The molecular formula is C13H25N3O. The Balaban J connectivity index is 1.71. The monoisotopic (exact) mass is 239 g/mol. The van der Waals surface area contributed by atoms with Gasteiger partial charge in [0.05, 0.1) is 6.54 Å². The summed E-state index contributed by atoms with van der Waals surface area (Å²) in [5.41, 5.74) is 5.31. The second kappa shape index (κ2) is 6.36. The Kier molecular flexibility index (Phi) is 4.80. The second-order valence-electron chi connectivity index (χ2n) is 5.37. The quantitative estimate of drug-likeness (QED) is 0.768. The number of nitrogens with zero attached hydrogens (tertiary/aromatic N) is 1. The molecule has 2 aliphatic rings. The molecule has 0 aromatic rings. The zero-order valence-corrected chi connectivity index (χ0v) is 10.7. The average molecular weight is 239 g/mol. The van der Waals surface area contributed by atoms with Crippen LogP contribution in [0.15, 0.2) is 0 Å². The summed E-state index contributed by atoms with van der Waals surface area (Å²) in [6.45, 7) is 2.39. The summed E-state index contributed by atoms with van der Waals surface area (Å²) in [5, 5.41) is 3.00. The van der Waals surface area contributed by atoms with Crippen LogP contribution in [0.4, 0.5) is 0 Å². The maximum Gasteiger partial charge on any atom is 0.233 e. The van der Waals surface area contributed by atoms with Crippen LogP contribution in [0.5, 0.6) is 0 Å². The maximum absolute atomic E-state index is 11.2. The number of nitrogens with one attached hydrogen (secondary N) is 1. The minimum absolute atomic E-state index is 0.0129. The van der Waals surface area contributed by atoms with Crippen LogP contribution < -0.4 is 11.1 Å². The number of hydrogen-bond donors (Lipinski definition) is 2. The number of amides is 1. The fraction of sp³-hybridized carbons (Fsp3) is 0.923. The summed E-state index contributed by atoms with van der Waals surface area (Å²) in [7, 11) is 0. The van der Waals surface area contributed by atoms with Crippen molar-refractivity contribution in [3.63, 3.8) is 0 Å². The van der Waals surface area contributed by atoms with E-state index in [0.717, 1.165) is 32.0 Å². The van der Waals surface area contributed by atoms with Crippen molar-refractivity contribution in [2.24, 2.45) is 5.73 Å². The Bertz CT molecular complexity index is 243. The van der Waals surface area contributed by atoms with Crippen LogP contribution in [0.1, 0.15) is 44.9 Å². The minimum atomic E-state index is -0.0129. The van der Waals surface area contributed by atoms with E-state index in [4.69, 9.17) is 5.73 Å². The molecule has 0 radical (unpaired) electrons. The van der Waals surface area contributed by atoms with Crippen LogP contribution in [0.3, 0.4) is 0 Å². The topological polar surface area (TPSA) is 58.4 Å². The molecule has 2 rings (SSSR count). The molecule has 0 unspecified atom stereocenters. The van der Waals surface area contributed by atoms with Gasteiger partial charge >= 0.3 is 0 Å². The summed E-state index contributed by atoms with van der Waals surface area (Å²) in [4.78, 5) is 13.8. The van der Waals surface area contributed by atoms with Gasteiger partial charge < -0.3 is 16.0 Å². The molecule has 0 bridgehead atoms. The van der Waals surface area contributed by atoms with Crippen LogP contribution in [0.25, 0.3) is 0 Å². The second-order valence-corrected chi connectivity index (χ2v) is 5.37. The van der Waals surface area contributed by atoms with E-state index in [0.29, 0.717) is 6.04 Å². The molecule has 1 aliphatic heterocycles. The molecule has 0 spiro atoms. The van der Waals surface area contributed by atoms with Gasteiger partial charge in [-0.2, -0.15) is 0 Å². The van der Waals surface area contributed by atoms with E-state index in [2.05, 4.69) is 10.2 Å². The van der Waals surface area contributed by atoms with Crippen molar-refractivity contribution in [2.45, 2.75) is 57.0 Å². The molecule has 1 aliphatic carbocycles. The minimum Gasteiger partial charge on any atom is -0.352 e. The van der Waals surface area contributed by atoms with Gasteiger partial charge in [0.1, 0.15) is 0 Å². The van der Waals surface area contributed by atoms with E-state index in [1.165, 1.54) is 32.1 Å². The number of likely N-dealkylation sites (tertiary alicyclic amines) is 1. The van der Waals surface area contributed by atoms with Gasteiger partial charge in [-0.15, -0.1) is 0 Å². The zero-order valence-electron chi connectivity index (χ0n) is 10.7. The number of carbonyl (C=O) groups excluding carboxylic acids is 1. The maximum atomic E-state index is 11.2. The molecule has 3 N–H and O–H groups in total. The fourth-order valence-corrected chi connectivity index (χ4v) is 3.14. The third kappa shape index (κ3) is 3.68. The third-order valence-corrected chi connectivity index (χ3v) is 4.17.